The fourth-order valence-corrected chi connectivity index (χ4v) is 4.72. The molecule has 1 N–H and O–H groups in total. The summed E-state index contributed by atoms with van der Waals surface area (Å²) < 4.78 is 35.8. The highest BCUT2D eigenvalue weighted by molar-refractivity contribution is 6.01. The summed E-state index contributed by atoms with van der Waals surface area (Å²) in [5.41, 5.74) is 0.750. The smallest absolute Gasteiger partial charge is 0.251 e. The molecule has 12 nitrogen and oxygen atoms in total. The van der Waals surface area contributed by atoms with Gasteiger partial charge in [0.25, 0.3) is 5.91 Å². The van der Waals surface area contributed by atoms with Crippen molar-refractivity contribution in [2.24, 2.45) is 0 Å². The Morgan fingerprint density at radius 3 is 2.36 bits per heavy atom. The number of benzene rings is 3. The minimum atomic E-state index is -1.16. The van der Waals surface area contributed by atoms with Crippen LogP contribution in [0.4, 0.5) is 10.1 Å². The average molecular weight is 605 g/mol. The Bertz CT molecular complexity index is 1650. The topological polar surface area (TPSA) is 130 Å². The minimum absolute atomic E-state index is 0.214. The van der Waals surface area contributed by atoms with Crippen molar-refractivity contribution in [1.29, 1.82) is 0 Å². The zero-order chi connectivity index (χ0) is 31.4. The van der Waals surface area contributed by atoms with Crippen LogP contribution in [0.5, 0.6) is 23.0 Å². The number of carbonyl (C=O) groups excluding carboxylic acids is 2. The van der Waals surface area contributed by atoms with Crippen molar-refractivity contribution in [3.63, 3.8) is 0 Å². The molecule has 0 aliphatic carbocycles. The van der Waals surface area contributed by atoms with Crippen LogP contribution in [0.25, 0.3) is 11.4 Å². The number of halogens is 1. The van der Waals surface area contributed by atoms with Crippen LogP contribution in [0, 0.1) is 5.82 Å². The molecule has 2 heterocycles. The van der Waals surface area contributed by atoms with E-state index in [-0.39, 0.29) is 12.4 Å². The molecule has 13 heteroatoms. The van der Waals surface area contributed by atoms with Crippen molar-refractivity contribution in [3.05, 3.63) is 72.0 Å². The van der Waals surface area contributed by atoms with Gasteiger partial charge in [-0.25, -0.2) is 4.39 Å². The highest BCUT2D eigenvalue weighted by Crippen LogP contribution is 2.39. The summed E-state index contributed by atoms with van der Waals surface area (Å²) >= 11 is 0. The summed E-state index contributed by atoms with van der Waals surface area (Å²) in [6, 6.07) is 14.5. The van der Waals surface area contributed by atoms with Crippen LogP contribution >= 0.6 is 0 Å². The summed E-state index contributed by atoms with van der Waals surface area (Å²) in [5, 5.41) is 15.4. The van der Waals surface area contributed by atoms with E-state index in [9.17, 15) is 14.0 Å². The van der Waals surface area contributed by atoms with Crippen molar-refractivity contribution in [3.8, 4) is 34.4 Å². The molecule has 0 unspecified atom stereocenters. The molecule has 0 saturated heterocycles. The summed E-state index contributed by atoms with van der Waals surface area (Å²) in [7, 11) is 3.00. The Balaban J connectivity index is 1.59. The van der Waals surface area contributed by atoms with Gasteiger partial charge in [0.2, 0.25) is 11.7 Å². The first-order valence-corrected chi connectivity index (χ1v) is 13.9. The average Bonchev–Trinajstić information content (AvgIpc) is 3.46. The van der Waals surface area contributed by atoms with Gasteiger partial charge in [-0.05, 0) is 80.1 Å². The molecule has 0 fully saturated rings. The number of ether oxygens (including phenoxy) is 4. The molecular formula is C31H33FN6O6. The number of anilines is 1. The van der Waals surface area contributed by atoms with Gasteiger partial charge in [0.1, 0.15) is 31.6 Å². The maximum absolute atomic E-state index is 14.3. The van der Waals surface area contributed by atoms with E-state index >= 15 is 0 Å². The van der Waals surface area contributed by atoms with E-state index in [1.165, 1.54) is 43.4 Å². The van der Waals surface area contributed by atoms with E-state index in [0.29, 0.717) is 53.0 Å². The van der Waals surface area contributed by atoms with Crippen LogP contribution in [0.3, 0.4) is 0 Å². The SMILES string of the molecule is COc1ccc([C@@H](C(=O)NC(C)(C)C)N(C(=O)Cn2nnc(-c3ccc(F)cc3)n2)c2ccc3c(c2)OCCO3)cc1OC. The molecule has 230 valence electrons. The molecule has 2 amide bonds. The number of carbonyl (C=O) groups is 2. The fraction of sp³-hybridized carbons (Fsp3) is 0.323. The summed E-state index contributed by atoms with van der Waals surface area (Å²) in [6.45, 7) is 5.92. The maximum Gasteiger partial charge on any atom is 0.251 e. The maximum atomic E-state index is 14.3. The first-order valence-electron chi connectivity index (χ1n) is 13.9. The lowest BCUT2D eigenvalue weighted by Gasteiger charge is -2.34. The molecule has 0 radical (unpaired) electrons. The van der Waals surface area contributed by atoms with Crippen LogP contribution in [-0.4, -0.2) is 65.0 Å². The van der Waals surface area contributed by atoms with E-state index < -0.39 is 29.2 Å². The van der Waals surface area contributed by atoms with Gasteiger partial charge in [-0.3, -0.25) is 14.5 Å². The van der Waals surface area contributed by atoms with Crippen LogP contribution in [0.15, 0.2) is 60.7 Å². The lowest BCUT2D eigenvalue weighted by atomic mass is 10.00. The van der Waals surface area contributed by atoms with Crippen LogP contribution in [-0.2, 0) is 16.1 Å². The van der Waals surface area contributed by atoms with E-state index in [2.05, 4.69) is 20.7 Å². The van der Waals surface area contributed by atoms with E-state index in [0.717, 1.165) is 4.80 Å². The molecule has 1 aromatic heterocycles. The van der Waals surface area contributed by atoms with Crippen molar-refractivity contribution >= 4 is 17.5 Å². The molecule has 0 spiro atoms. The Labute approximate surface area is 253 Å². The lowest BCUT2D eigenvalue weighted by Crippen LogP contribution is -2.50. The molecule has 1 aliphatic heterocycles. The Morgan fingerprint density at radius 2 is 1.68 bits per heavy atom. The first-order chi connectivity index (χ1) is 21.1. The zero-order valence-electron chi connectivity index (χ0n) is 25.0. The van der Waals surface area contributed by atoms with Gasteiger partial charge >= 0.3 is 0 Å². The molecule has 4 aromatic rings. The van der Waals surface area contributed by atoms with Crippen LogP contribution < -0.4 is 29.2 Å². The predicted molar refractivity (Wildman–Crippen MR) is 158 cm³/mol. The summed E-state index contributed by atoms with van der Waals surface area (Å²) in [6.07, 6.45) is 0. The molecule has 0 bridgehead atoms. The van der Waals surface area contributed by atoms with E-state index in [1.807, 2.05) is 20.8 Å². The molecule has 0 saturated carbocycles. The van der Waals surface area contributed by atoms with Crippen molar-refractivity contribution in [2.75, 3.05) is 32.3 Å². The third-order valence-electron chi connectivity index (χ3n) is 6.63. The van der Waals surface area contributed by atoms with Gasteiger partial charge in [0.05, 0.1) is 14.2 Å². The van der Waals surface area contributed by atoms with Crippen molar-refractivity contribution in [2.45, 2.75) is 38.9 Å². The van der Waals surface area contributed by atoms with E-state index in [1.54, 1.807) is 36.4 Å². The molecular weight excluding hydrogens is 571 g/mol. The minimum Gasteiger partial charge on any atom is -0.493 e. The number of rotatable bonds is 9. The van der Waals surface area contributed by atoms with Gasteiger partial charge in [0.15, 0.2) is 23.0 Å². The van der Waals surface area contributed by atoms with Gasteiger partial charge in [-0.2, -0.15) is 4.80 Å². The zero-order valence-corrected chi connectivity index (χ0v) is 25.0. The van der Waals surface area contributed by atoms with Crippen molar-refractivity contribution < 1.29 is 32.9 Å². The second-order valence-electron chi connectivity index (χ2n) is 11.0. The fourth-order valence-electron chi connectivity index (χ4n) is 4.72. The largest absolute Gasteiger partial charge is 0.493 e. The third-order valence-corrected chi connectivity index (χ3v) is 6.63. The molecule has 1 atom stereocenters. The Hall–Kier alpha value is -5.20. The second-order valence-corrected chi connectivity index (χ2v) is 11.0. The molecule has 44 heavy (non-hydrogen) atoms. The molecule has 3 aromatic carbocycles. The van der Waals surface area contributed by atoms with Crippen LogP contribution in [0.2, 0.25) is 0 Å². The highest BCUT2D eigenvalue weighted by Gasteiger charge is 2.36. The molecule has 1 aliphatic rings. The van der Waals surface area contributed by atoms with Gasteiger partial charge < -0.3 is 24.3 Å². The highest BCUT2D eigenvalue weighted by atomic mass is 19.1. The number of nitrogens with zero attached hydrogens (tertiary/aromatic N) is 5. The quantitative estimate of drug-likeness (QED) is 0.302. The van der Waals surface area contributed by atoms with Gasteiger partial charge in [0, 0.05) is 22.9 Å². The van der Waals surface area contributed by atoms with Gasteiger partial charge in [-0.15, -0.1) is 10.2 Å². The number of aromatic nitrogens is 4. The number of nitrogens with one attached hydrogen (secondary N) is 1. The number of tetrazole rings is 1. The number of methoxy groups -OCH3 is 2. The number of amides is 2. The normalized spacial score (nSPS) is 13.1. The van der Waals surface area contributed by atoms with Crippen LogP contribution in [0.1, 0.15) is 32.4 Å². The second kappa shape index (κ2) is 12.6. The summed E-state index contributed by atoms with van der Waals surface area (Å²) in [5.74, 6) is 0.660. The predicted octanol–water partition coefficient (Wildman–Crippen LogP) is 3.96. The van der Waals surface area contributed by atoms with Gasteiger partial charge in [-0.1, -0.05) is 6.07 Å². The number of hydrogen-bond acceptors (Lipinski definition) is 9. The monoisotopic (exact) mass is 604 g/mol. The standard InChI is InChI=1S/C31H33FN6O6/c1-31(2,3)33-30(40)28(20-8-12-23(41-4)25(16-20)42-5)38(22-11-13-24-26(17-22)44-15-14-43-24)27(39)18-37-35-29(34-36-37)19-6-9-21(32)10-7-19/h6-13,16-17,28H,14-15,18H2,1-5H3,(H,33,40)/t28-/m0/s1. The Kier molecular flexibility index (Phi) is 8.65. The summed E-state index contributed by atoms with van der Waals surface area (Å²) in [4.78, 5) is 30.8. The third kappa shape index (κ3) is 6.72. The Morgan fingerprint density at radius 1 is 0.977 bits per heavy atom. The number of hydrogen-bond donors (Lipinski definition) is 1. The van der Waals surface area contributed by atoms with E-state index in [4.69, 9.17) is 18.9 Å². The number of fused-ring (bicyclic) bond motifs is 1. The first kappa shape index (κ1) is 30.3. The van der Waals surface area contributed by atoms with Crippen molar-refractivity contribution in [1.82, 2.24) is 25.5 Å². The molecule has 5 rings (SSSR count). The lowest BCUT2D eigenvalue weighted by molar-refractivity contribution is -0.128.